The van der Waals surface area contributed by atoms with Crippen molar-refractivity contribution in [1.82, 2.24) is 35.6 Å². The fourth-order valence-electron chi connectivity index (χ4n) is 9.33. The van der Waals surface area contributed by atoms with Crippen molar-refractivity contribution in [3.8, 4) is 5.75 Å². The molecule has 1 saturated heterocycles. The number of aromatic amines is 1. The molecule has 5 aromatic rings. The first-order valence-corrected chi connectivity index (χ1v) is 28.2. The van der Waals surface area contributed by atoms with Gasteiger partial charge in [0.1, 0.15) is 5.75 Å². The zero-order chi connectivity index (χ0) is 58.8. The van der Waals surface area contributed by atoms with Crippen molar-refractivity contribution in [2.24, 2.45) is 11.5 Å². The third-order valence-electron chi connectivity index (χ3n) is 13.7. The number of halogens is 1. The van der Waals surface area contributed by atoms with Gasteiger partial charge < -0.3 is 62.5 Å². The Hall–Kier alpha value is -7.69. The molecule has 0 bridgehead atoms. The van der Waals surface area contributed by atoms with E-state index in [-0.39, 0.29) is 61.7 Å². The van der Waals surface area contributed by atoms with Gasteiger partial charge >= 0.3 is 6.09 Å². The molecule has 81 heavy (non-hydrogen) atoms. The molecule has 0 aliphatic carbocycles. The second-order valence-corrected chi connectivity index (χ2v) is 19.8. The Morgan fingerprint density at radius 2 is 1.47 bits per heavy atom. The summed E-state index contributed by atoms with van der Waals surface area (Å²) in [5, 5.41) is 17.0. The maximum atomic E-state index is 12.9. The van der Waals surface area contributed by atoms with E-state index in [0.717, 1.165) is 73.2 Å². The average Bonchev–Trinajstić information content (AvgIpc) is 4.21. The standard InChI is InChI=1S/C34H40N8O7.C20H25N3O2.C4H11N.CH3Cl/c35-14-2-1-4-28(36-15-16-37-29(44)5-3-17-42-31(46)12-13-32(42)47)34(49)38-20-30(45)40-24-8-6-22(7-9-24)33(48)41-25-10-11-27-23(18-25)19-26(21-43)39-27;1-14-13-22(3)17-12-18(15-6-4-5-7-16(15)19(14)17)25-20(24)23-10-8-21(2)9-11-23;1-2-3-4-5;1-2/h6-13,18-19,21,28,36,39H,1-5,14-17,20,35H2,(H,37,44)(H,38,49)(H,40,45)(H,41,48);4-7,12,14H,8-11,13H2,1-3H3;2-5H2,1H3;1H3. The molecule has 3 aliphatic rings. The number of aldehydes is 1. The second-order valence-electron chi connectivity index (χ2n) is 19.8. The van der Waals surface area contributed by atoms with E-state index in [1.807, 2.05) is 18.2 Å². The quantitative estimate of drug-likeness (QED) is 0.0173. The Labute approximate surface area is 478 Å². The molecule has 2 atom stereocenters. The summed E-state index contributed by atoms with van der Waals surface area (Å²) in [4.78, 5) is 108. The van der Waals surface area contributed by atoms with E-state index in [1.54, 1.807) is 53.4 Å². The molecule has 3 aliphatic heterocycles. The summed E-state index contributed by atoms with van der Waals surface area (Å²) in [6.07, 6.45) is 9.09. The molecule has 7 amide bonds. The van der Waals surface area contributed by atoms with Gasteiger partial charge in [-0.15, -0.1) is 11.6 Å². The molecule has 0 saturated carbocycles. The number of alkyl halides is 1. The molecule has 0 radical (unpaired) electrons. The van der Waals surface area contributed by atoms with Gasteiger partial charge in [-0.2, -0.15) is 0 Å². The zero-order valence-electron chi connectivity index (χ0n) is 47.1. The van der Waals surface area contributed by atoms with E-state index < -0.39 is 11.9 Å². The van der Waals surface area contributed by atoms with Crippen LogP contribution >= 0.6 is 11.6 Å². The lowest BCUT2D eigenvalue weighted by Gasteiger charge is -2.31. The molecule has 4 heterocycles. The molecule has 436 valence electrons. The molecule has 10 N–H and O–H groups in total. The Kier molecular flexibility index (Phi) is 26.3. The van der Waals surface area contributed by atoms with E-state index in [1.165, 1.54) is 48.0 Å². The highest BCUT2D eigenvalue weighted by atomic mass is 35.5. The molecule has 21 nitrogen and oxygen atoms in total. The SMILES string of the molecule is CC1CN(C)c2cc(OC(=O)N3CCN(C)CC3)c3ccccc3c21.CCCCN.CCl.NCCCCC(NCCNC(=O)CCCN1C(=O)C=CC1=O)C(=O)NCC(=O)Nc1ccc(C(=O)Nc2ccc3[nH]c(C=O)cc3c2)cc1. The van der Waals surface area contributed by atoms with Crippen molar-refractivity contribution in [1.29, 1.82) is 0 Å². The number of unbranched alkanes of at least 4 members (excludes halogenated alkanes) is 2. The van der Waals surface area contributed by atoms with Crippen LogP contribution in [0, 0.1) is 0 Å². The summed E-state index contributed by atoms with van der Waals surface area (Å²) in [5.74, 6) is -1.06. The van der Waals surface area contributed by atoms with E-state index in [4.69, 9.17) is 16.2 Å². The number of carbonyl (C=O) groups excluding carboxylic acids is 8. The molecular weight excluding hydrogens is 1060 g/mol. The number of hydrogen-bond acceptors (Lipinski definition) is 14. The predicted molar refractivity (Wildman–Crippen MR) is 319 cm³/mol. The lowest BCUT2D eigenvalue weighted by molar-refractivity contribution is -0.137. The van der Waals surface area contributed by atoms with Crippen LogP contribution < -0.4 is 47.7 Å². The van der Waals surface area contributed by atoms with Gasteiger partial charge in [0.25, 0.3) is 17.7 Å². The minimum atomic E-state index is -0.612. The van der Waals surface area contributed by atoms with Gasteiger partial charge in [0.15, 0.2) is 6.29 Å². The fraction of sp³-hybridized carbons (Fsp3) is 0.424. The minimum absolute atomic E-state index is 0.138. The van der Waals surface area contributed by atoms with Crippen molar-refractivity contribution in [3.05, 3.63) is 108 Å². The number of likely N-dealkylation sites (N-methyl/N-ethyl adjacent to an activating group) is 2. The van der Waals surface area contributed by atoms with Gasteiger partial charge in [-0.25, -0.2) is 4.79 Å². The van der Waals surface area contributed by atoms with Gasteiger partial charge in [0.05, 0.1) is 18.3 Å². The van der Waals surface area contributed by atoms with Gasteiger partial charge in [0.2, 0.25) is 17.7 Å². The van der Waals surface area contributed by atoms with Crippen molar-refractivity contribution in [3.63, 3.8) is 0 Å². The molecule has 1 fully saturated rings. The number of benzene rings is 4. The first-order chi connectivity index (χ1) is 39.1. The number of ether oxygens (including phenoxy) is 1. The van der Waals surface area contributed by atoms with Crippen molar-refractivity contribution >= 4 is 98.2 Å². The number of hydrogen-bond donors (Lipinski definition) is 8. The normalized spacial score (nSPS) is 14.9. The van der Waals surface area contributed by atoms with Crippen molar-refractivity contribution < 1.29 is 43.1 Å². The Bertz CT molecular complexity index is 2940. The molecular formula is C59H79ClN12O9. The average molecular weight is 1140 g/mol. The number of aromatic nitrogens is 1. The summed E-state index contributed by atoms with van der Waals surface area (Å²) >= 11 is 4.64. The molecule has 22 heteroatoms. The predicted octanol–water partition coefficient (Wildman–Crippen LogP) is 5.94. The van der Waals surface area contributed by atoms with Crippen LogP contribution in [0.25, 0.3) is 21.7 Å². The third-order valence-corrected chi connectivity index (χ3v) is 13.7. The Balaban J connectivity index is 0.000000310. The highest BCUT2D eigenvalue weighted by Crippen LogP contribution is 2.44. The van der Waals surface area contributed by atoms with E-state index in [2.05, 4.69) is 93.0 Å². The smallest absolute Gasteiger partial charge is 0.409 e. The lowest BCUT2D eigenvalue weighted by Crippen LogP contribution is -2.48. The van der Waals surface area contributed by atoms with Gasteiger partial charge in [-0.1, -0.05) is 51.0 Å². The molecule has 0 spiro atoms. The van der Waals surface area contributed by atoms with Gasteiger partial charge in [-0.05, 0) is 105 Å². The third kappa shape index (κ3) is 19.2. The number of imide groups is 1. The molecule has 4 aromatic carbocycles. The number of amides is 7. The maximum Gasteiger partial charge on any atom is 0.415 e. The fourth-order valence-corrected chi connectivity index (χ4v) is 9.33. The molecule has 8 rings (SSSR count). The van der Waals surface area contributed by atoms with Crippen LogP contribution in [-0.2, 0) is 24.0 Å². The second kappa shape index (κ2) is 33.2. The summed E-state index contributed by atoms with van der Waals surface area (Å²) < 4.78 is 5.85. The summed E-state index contributed by atoms with van der Waals surface area (Å²) in [5.41, 5.74) is 15.8. The number of rotatable bonds is 22. The number of nitrogens with one attached hydrogen (secondary N) is 6. The number of anilines is 3. The number of H-pyrrole nitrogens is 1. The Morgan fingerprint density at radius 3 is 2.12 bits per heavy atom. The van der Waals surface area contributed by atoms with Gasteiger partial charge in [-0.3, -0.25) is 38.5 Å². The highest BCUT2D eigenvalue weighted by Gasteiger charge is 2.29. The van der Waals surface area contributed by atoms with Crippen LogP contribution in [0.2, 0.25) is 0 Å². The lowest BCUT2D eigenvalue weighted by atomic mass is 9.95. The van der Waals surface area contributed by atoms with Crippen LogP contribution in [0.3, 0.4) is 0 Å². The topological polar surface area (TPSA) is 287 Å². The summed E-state index contributed by atoms with van der Waals surface area (Å²) in [6, 6.07) is 22.9. The van der Waals surface area contributed by atoms with Crippen molar-refractivity contribution in [2.45, 2.75) is 70.8 Å². The molecule has 1 aromatic heterocycles. The van der Waals surface area contributed by atoms with Crippen LogP contribution in [0.15, 0.2) is 91.0 Å². The number of nitrogens with zero attached hydrogens (tertiary/aromatic N) is 4. The minimum Gasteiger partial charge on any atom is -0.409 e. The first kappa shape index (κ1) is 64.1. The molecule has 2 unspecified atom stereocenters. The van der Waals surface area contributed by atoms with Gasteiger partial charge in [0, 0.05) is 135 Å². The number of fused-ring (bicyclic) bond motifs is 4. The number of carbonyl (C=O) groups is 8. The van der Waals surface area contributed by atoms with E-state index in [0.29, 0.717) is 66.7 Å². The largest absolute Gasteiger partial charge is 0.415 e. The first-order valence-electron chi connectivity index (χ1n) is 27.4. The van der Waals surface area contributed by atoms with E-state index >= 15 is 0 Å². The number of nitrogens with two attached hydrogens (primary N) is 2. The summed E-state index contributed by atoms with van der Waals surface area (Å²) in [6.45, 7) is 10.3. The van der Waals surface area contributed by atoms with Crippen LogP contribution in [0.4, 0.5) is 21.9 Å². The maximum absolute atomic E-state index is 12.9. The summed E-state index contributed by atoms with van der Waals surface area (Å²) in [7, 11) is 4.18. The van der Waals surface area contributed by atoms with Crippen LogP contribution in [-0.4, -0.2) is 166 Å². The zero-order valence-corrected chi connectivity index (χ0v) is 47.9. The highest BCUT2D eigenvalue weighted by molar-refractivity contribution is 6.15. The van der Waals surface area contributed by atoms with E-state index in [9.17, 15) is 38.4 Å². The Morgan fingerprint density at radius 1 is 0.790 bits per heavy atom. The van der Waals surface area contributed by atoms with Crippen LogP contribution in [0.5, 0.6) is 5.75 Å². The van der Waals surface area contributed by atoms with Crippen molar-refractivity contribution in [2.75, 3.05) is 108 Å². The van der Waals surface area contributed by atoms with Crippen LogP contribution in [0.1, 0.15) is 91.1 Å². The number of piperazine rings is 1. The monoisotopic (exact) mass is 1130 g/mol.